The second-order valence-electron chi connectivity index (χ2n) is 4.30. The number of hydrogen-bond donors (Lipinski definition) is 1. The molecule has 2 rings (SSSR count). The van der Waals surface area contributed by atoms with Gasteiger partial charge in [-0.1, -0.05) is 43.2 Å². The number of halogens is 1. The molecule has 0 saturated heterocycles. The van der Waals surface area contributed by atoms with Crippen LogP contribution in [0.5, 0.6) is 0 Å². The maximum absolute atomic E-state index is 5.97. The number of benzene rings is 1. The molecule has 0 radical (unpaired) electrons. The van der Waals surface area contributed by atoms with Gasteiger partial charge < -0.3 is 5.32 Å². The molecular formula is C13H18ClN. The molecule has 0 aliphatic heterocycles. The number of rotatable bonds is 6. The van der Waals surface area contributed by atoms with E-state index < -0.39 is 0 Å². The first-order chi connectivity index (χ1) is 7.40. The van der Waals surface area contributed by atoms with Crippen LogP contribution < -0.4 is 5.32 Å². The standard InChI is InChI=1S/C13H18ClN/c14-10-13(12-4-2-1-3-5-12)15-9-8-11-6-7-11/h1-5,11,13,15H,6-10H2. The van der Waals surface area contributed by atoms with Crippen molar-refractivity contribution in [2.75, 3.05) is 12.4 Å². The first kappa shape index (κ1) is 11.0. The van der Waals surface area contributed by atoms with Crippen molar-refractivity contribution in [3.63, 3.8) is 0 Å². The predicted molar refractivity (Wildman–Crippen MR) is 65.2 cm³/mol. The second kappa shape index (κ2) is 5.53. The molecule has 1 aromatic rings. The molecule has 15 heavy (non-hydrogen) atoms. The molecule has 1 nitrogen and oxygen atoms in total. The van der Waals surface area contributed by atoms with Gasteiger partial charge in [0.15, 0.2) is 0 Å². The zero-order valence-electron chi connectivity index (χ0n) is 8.95. The van der Waals surface area contributed by atoms with E-state index in [0.717, 1.165) is 12.5 Å². The van der Waals surface area contributed by atoms with E-state index in [1.165, 1.54) is 24.8 Å². The Morgan fingerprint density at radius 3 is 2.60 bits per heavy atom. The van der Waals surface area contributed by atoms with Gasteiger partial charge in [-0.2, -0.15) is 0 Å². The highest BCUT2D eigenvalue weighted by molar-refractivity contribution is 6.18. The van der Waals surface area contributed by atoms with Crippen LogP contribution in [-0.4, -0.2) is 12.4 Å². The first-order valence-electron chi connectivity index (χ1n) is 5.74. The largest absolute Gasteiger partial charge is 0.309 e. The highest BCUT2D eigenvalue weighted by atomic mass is 35.5. The molecule has 1 aliphatic rings. The van der Waals surface area contributed by atoms with Gasteiger partial charge in [-0.15, -0.1) is 11.6 Å². The van der Waals surface area contributed by atoms with Crippen LogP contribution in [0.25, 0.3) is 0 Å². The Kier molecular flexibility index (Phi) is 4.04. The van der Waals surface area contributed by atoms with Gasteiger partial charge in [-0.25, -0.2) is 0 Å². The van der Waals surface area contributed by atoms with Crippen molar-refractivity contribution in [2.45, 2.75) is 25.3 Å². The second-order valence-corrected chi connectivity index (χ2v) is 4.61. The van der Waals surface area contributed by atoms with Gasteiger partial charge in [-0.3, -0.25) is 0 Å². The summed E-state index contributed by atoms with van der Waals surface area (Å²) in [5.41, 5.74) is 1.29. The third kappa shape index (κ3) is 3.51. The van der Waals surface area contributed by atoms with E-state index in [0.29, 0.717) is 11.9 Å². The lowest BCUT2D eigenvalue weighted by Crippen LogP contribution is -2.24. The van der Waals surface area contributed by atoms with E-state index in [2.05, 4.69) is 29.6 Å². The molecule has 0 aromatic heterocycles. The van der Waals surface area contributed by atoms with Gasteiger partial charge >= 0.3 is 0 Å². The Bertz CT molecular complexity index is 282. The highest BCUT2D eigenvalue weighted by Gasteiger charge is 2.20. The van der Waals surface area contributed by atoms with Crippen LogP contribution in [0.4, 0.5) is 0 Å². The maximum atomic E-state index is 5.97. The summed E-state index contributed by atoms with van der Waals surface area (Å²) in [6.45, 7) is 1.09. The van der Waals surface area contributed by atoms with Crippen molar-refractivity contribution >= 4 is 11.6 Å². The maximum Gasteiger partial charge on any atom is 0.0457 e. The minimum Gasteiger partial charge on any atom is -0.309 e. The summed E-state index contributed by atoms with van der Waals surface area (Å²) in [6, 6.07) is 10.8. The summed E-state index contributed by atoms with van der Waals surface area (Å²) in [5, 5.41) is 3.53. The van der Waals surface area contributed by atoms with Crippen molar-refractivity contribution < 1.29 is 0 Å². The average molecular weight is 224 g/mol. The fourth-order valence-electron chi connectivity index (χ4n) is 1.82. The molecule has 0 heterocycles. The Balaban J connectivity index is 1.80. The quantitative estimate of drug-likeness (QED) is 0.730. The Morgan fingerprint density at radius 2 is 2.00 bits per heavy atom. The van der Waals surface area contributed by atoms with Gasteiger partial charge in [0.1, 0.15) is 0 Å². The molecule has 1 atom stereocenters. The van der Waals surface area contributed by atoms with Crippen LogP contribution >= 0.6 is 11.6 Å². The van der Waals surface area contributed by atoms with E-state index >= 15 is 0 Å². The molecule has 82 valence electrons. The van der Waals surface area contributed by atoms with Crippen molar-refractivity contribution in [3.05, 3.63) is 35.9 Å². The summed E-state index contributed by atoms with van der Waals surface area (Å²) in [7, 11) is 0. The third-order valence-electron chi connectivity index (χ3n) is 3.00. The molecule has 1 unspecified atom stereocenters. The number of alkyl halides is 1. The molecule has 1 aliphatic carbocycles. The third-order valence-corrected chi connectivity index (χ3v) is 3.31. The molecule has 1 N–H and O–H groups in total. The summed E-state index contributed by atoms with van der Waals surface area (Å²) in [4.78, 5) is 0. The SMILES string of the molecule is ClCC(NCCC1CC1)c1ccccc1. The van der Waals surface area contributed by atoms with Crippen LogP contribution in [0.2, 0.25) is 0 Å². The van der Waals surface area contributed by atoms with Gasteiger partial charge in [0.25, 0.3) is 0 Å². The number of hydrogen-bond acceptors (Lipinski definition) is 1. The molecule has 0 amide bonds. The van der Waals surface area contributed by atoms with E-state index in [4.69, 9.17) is 11.6 Å². The monoisotopic (exact) mass is 223 g/mol. The van der Waals surface area contributed by atoms with E-state index in [-0.39, 0.29) is 0 Å². The van der Waals surface area contributed by atoms with E-state index in [9.17, 15) is 0 Å². The molecule has 2 heteroatoms. The summed E-state index contributed by atoms with van der Waals surface area (Å²) in [6.07, 6.45) is 4.16. The zero-order chi connectivity index (χ0) is 10.5. The van der Waals surface area contributed by atoms with E-state index in [1.807, 2.05) is 6.07 Å². The fourth-order valence-corrected chi connectivity index (χ4v) is 2.10. The lowest BCUT2D eigenvalue weighted by molar-refractivity contribution is 0.543. The van der Waals surface area contributed by atoms with Gasteiger partial charge in [0.2, 0.25) is 0 Å². The Morgan fingerprint density at radius 1 is 1.27 bits per heavy atom. The van der Waals surface area contributed by atoms with Crippen LogP contribution in [0, 0.1) is 5.92 Å². The van der Waals surface area contributed by atoms with Crippen LogP contribution in [0.15, 0.2) is 30.3 Å². The Hall–Kier alpha value is -0.530. The lowest BCUT2D eigenvalue weighted by atomic mass is 10.1. The fraction of sp³-hybridized carbons (Fsp3) is 0.538. The average Bonchev–Trinajstić information content (AvgIpc) is 3.10. The predicted octanol–water partition coefficient (Wildman–Crippen LogP) is 3.36. The van der Waals surface area contributed by atoms with Crippen molar-refractivity contribution in [1.82, 2.24) is 5.32 Å². The van der Waals surface area contributed by atoms with Crippen molar-refractivity contribution in [1.29, 1.82) is 0 Å². The Labute approximate surface area is 96.8 Å². The van der Waals surface area contributed by atoms with Gasteiger partial charge in [0, 0.05) is 11.9 Å². The minimum atomic E-state index is 0.312. The van der Waals surface area contributed by atoms with Gasteiger partial charge in [0.05, 0.1) is 0 Å². The molecule has 1 saturated carbocycles. The summed E-state index contributed by atoms with van der Waals surface area (Å²) in [5.74, 6) is 1.64. The molecule has 0 spiro atoms. The first-order valence-corrected chi connectivity index (χ1v) is 6.28. The van der Waals surface area contributed by atoms with Crippen molar-refractivity contribution in [3.8, 4) is 0 Å². The molecule has 0 bridgehead atoms. The van der Waals surface area contributed by atoms with Crippen LogP contribution in [-0.2, 0) is 0 Å². The highest BCUT2D eigenvalue weighted by Crippen LogP contribution is 2.32. The zero-order valence-corrected chi connectivity index (χ0v) is 9.71. The van der Waals surface area contributed by atoms with Crippen LogP contribution in [0.1, 0.15) is 30.9 Å². The number of nitrogens with one attached hydrogen (secondary N) is 1. The smallest absolute Gasteiger partial charge is 0.0457 e. The van der Waals surface area contributed by atoms with Gasteiger partial charge in [-0.05, 0) is 24.4 Å². The summed E-state index contributed by atoms with van der Waals surface area (Å²) < 4.78 is 0. The molecule has 1 fully saturated rings. The van der Waals surface area contributed by atoms with E-state index in [1.54, 1.807) is 0 Å². The topological polar surface area (TPSA) is 12.0 Å². The molecule has 1 aromatic carbocycles. The normalized spacial score (nSPS) is 17.7. The van der Waals surface area contributed by atoms with Crippen LogP contribution in [0.3, 0.4) is 0 Å². The molecular weight excluding hydrogens is 206 g/mol. The summed E-state index contributed by atoms with van der Waals surface area (Å²) >= 11 is 5.97. The lowest BCUT2D eigenvalue weighted by Gasteiger charge is -2.16. The van der Waals surface area contributed by atoms with Crippen molar-refractivity contribution in [2.24, 2.45) is 5.92 Å². The minimum absolute atomic E-state index is 0.312.